The molecule has 0 bridgehead atoms. The van der Waals surface area contributed by atoms with E-state index in [2.05, 4.69) is 15.6 Å². The summed E-state index contributed by atoms with van der Waals surface area (Å²) in [6, 6.07) is 5.26. The summed E-state index contributed by atoms with van der Waals surface area (Å²) in [7, 11) is 0. The zero-order chi connectivity index (χ0) is 21.9. The average Bonchev–Trinajstić information content (AvgIpc) is 3.34. The number of anilines is 1. The first-order chi connectivity index (χ1) is 14.1. The van der Waals surface area contributed by atoms with Crippen molar-refractivity contribution in [3.05, 3.63) is 69.6 Å². The smallest absolute Gasteiger partial charge is 0.416 e. The first-order valence-corrected chi connectivity index (χ1v) is 9.78. The molecule has 6 nitrogen and oxygen atoms in total. The highest BCUT2D eigenvalue weighted by Crippen LogP contribution is 2.33. The number of hydrogen-bond acceptors (Lipinski definition) is 5. The van der Waals surface area contributed by atoms with Crippen LogP contribution in [0.4, 0.5) is 18.3 Å². The van der Waals surface area contributed by atoms with E-state index in [4.69, 9.17) is 16.0 Å². The summed E-state index contributed by atoms with van der Waals surface area (Å²) >= 11 is 7.12. The van der Waals surface area contributed by atoms with Gasteiger partial charge in [-0.15, -0.1) is 11.3 Å². The lowest BCUT2D eigenvalue weighted by Gasteiger charge is -2.11. The molecule has 3 aromatic rings. The molecule has 0 aliphatic heterocycles. The number of benzene rings is 1. The van der Waals surface area contributed by atoms with Crippen molar-refractivity contribution in [3.63, 3.8) is 0 Å². The molecule has 1 atom stereocenters. The summed E-state index contributed by atoms with van der Waals surface area (Å²) in [5.74, 6) is -0.973. The number of thiazole rings is 1. The molecule has 2 heterocycles. The van der Waals surface area contributed by atoms with E-state index in [1.807, 2.05) is 0 Å². The van der Waals surface area contributed by atoms with Gasteiger partial charge in [-0.05, 0) is 42.8 Å². The maximum absolute atomic E-state index is 12.9. The Balaban J connectivity index is 1.62. The number of halogens is 4. The minimum absolute atomic E-state index is 0.0733. The van der Waals surface area contributed by atoms with Gasteiger partial charge in [-0.3, -0.25) is 9.59 Å². The van der Waals surface area contributed by atoms with Crippen molar-refractivity contribution in [2.45, 2.75) is 25.6 Å². The average molecular weight is 458 g/mol. The van der Waals surface area contributed by atoms with E-state index in [-0.39, 0.29) is 22.3 Å². The molecule has 1 unspecified atom stereocenters. The highest BCUT2D eigenvalue weighted by Gasteiger charge is 2.31. The van der Waals surface area contributed by atoms with Crippen LogP contribution in [0.15, 0.2) is 47.2 Å². The van der Waals surface area contributed by atoms with E-state index in [1.54, 1.807) is 6.07 Å². The van der Waals surface area contributed by atoms with Crippen LogP contribution in [0.3, 0.4) is 0 Å². The van der Waals surface area contributed by atoms with Gasteiger partial charge in [-0.2, -0.15) is 13.2 Å². The zero-order valence-corrected chi connectivity index (χ0v) is 17.0. The van der Waals surface area contributed by atoms with E-state index < -0.39 is 29.6 Å². The van der Waals surface area contributed by atoms with E-state index in [9.17, 15) is 22.8 Å². The van der Waals surface area contributed by atoms with E-state index >= 15 is 0 Å². The molecule has 0 aliphatic carbocycles. The Hall–Kier alpha value is -2.85. The summed E-state index contributed by atoms with van der Waals surface area (Å²) in [5, 5.41) is 5.50. The summed E-state index contributed by atoms with van der Waals surface area (Å²) in [5.41, 5.74) is -0.492. The predicted octanol–water partition coefficient (Wildman–Crippen LogP) is 4.76. The summed E-state index contributed by atoms with van der Waals surface area (Å²) < 4.78 is 43.7. The number of alkyl halides is 3. The highest BCUT2D eigenvalue weighted by molar-refractivity contribution is 7.15. The van der Waals surface area contributed by atoms with Crippen LogP contribution in [0.25, 0.3) is 0 Å². The Kier molecular flexibility index (Phi) is 6.47. The SMILES string of the molecule is CC(NC(=O)c1ccco1)C(=O)Nc1ncc(Cc2cc(C(F)(F)F)ccc2Cl)s1. The maximum atomic E-state index is 12.9. The van der Waals surface area contributed by atoms with Gasteiger partial charge in [0.1, 0.15) is 6.04 Å². The molecule has 2 aromatic heterocycles. The Morgan fingerprint density at radius 1 is 1.30 bits per heavy atom. The third-order valence-corrected chi connectivity index (χ3v) is 5.29. The van der Waals surface area contributed by atoms with Gasteiger partial charge in [0.15, 0.2) is 10.9 Å². The number of amides is 2. The molecule has 0 saturated heterocycles. The fourth-order valence-corrected chi connectivity index (χ4v) is 3.50. The molecule has 1 aromatic carbocycles. The van der Waals surface area contributed by atoms with Gasteiger partial charge in [-0.25, -0.2) is 4.98 Å². The van der Waals surface area contributed by atoms with E-state index in [1.165, 1.54) is 31.5 Å². The number of nitrogens with zero attached hydrogens (tertiary/aromatic N) is 1. The zero-order valence-electron chi connectivity index (χ0n) is 15.4. The van der Waals surface area contributed by atoms with Crippen molar-refractivity contribution in [2.75, 3.05) is 5.32 Å². The number of hydrogen-bond donors (Lipinski definition) is 2. The Bertz CT molecular complexity index is 1050. The predicted molar refractivity (Wildman–Crippen MR) is 106 cm³/mol. The molecule has 158 valence electrons. The molecule has 3 rings (SSSR count). The van der Waals surface area contributed by atoms with Crippen molar-refractivity contribution in [1.29, 1.82) is 0 Å². The topological polar surface area (TPSA) is 84.2 Å². The van der Waals surface area contributed by atoms with Gasteiger partial charge >= 0.3 is 6.18 Å². The van der Waals surface area contributed by atoms with Crippen LogP contribution in [-0.4, -0.2) is 22.8 Å². The van der Waals surface area contributed by atoms with Crippen molar-refractivity contribution in [1.82, 2.24) is 10.3 Å². The minimum Gasteiger partial charge on any atom is -0.459 e. The van der Waals surface area contributed by atoms with Crippen molar-refractivity contribution in [3.8, 4) is 0 Å². The van der Waals surface area contributed by atoms with Gasteiger partial charge in [-0.1, -0.05) is 11.6 Å². The molecular weight excluding hydrogens is 443 g/mol. The van der Waals surface area contributed by atoms with Gasteiger partial charge in [0.25, 0.3) is 5.91 Å². The third kappa shape index (κ3) is 5.39. The molecule has 11 heteroatoms. The van der Waals surface area contributed by atoms with Gasteiger partial charge < -0.3 is 15.1 Å². The first-order valence-electron chi connectivity index (χ1n) is 8.59. The fourth-order valence-electron chi connectivity index (χ4n) is 2.48. The van der Waals surface area contributed by atoms with E-state index in [0.717, 1.165) is 23.5 Å². The number of furan rings is 1. The monoisotopic (exact) mass is 457 g/mol. The molecule has 0 fully saturated rings. The minimum atomic E-state index is -4.47. The molecule has 2 N–H and O–H groups in total. The molecule has 0 radical (unpaired) electrons. The second-order valence-electron chi connectivity index (χ2n) is 6.27. The standard InChI is InChI=1S/C19H15ClF3N3O3S/c1-10(25-17(28)15-3-2-6-29-15)16(27)26-18-24-9-13(30-18)8-11-7-12(19(21,22)23)4-5-14(11)20/h2-7,9-10H,8H2,1H3,(H,25,28)(H,24,26,27). The van der Waals surface area contributed by atoms with Crippen molar-refractivity contribution < 1.29 is 27.2 Å². The molecule has 2 amide bonds. The van der Waals surface area contributed by atoms with Crippen molar-refractivity contribution in [2.24, 2.45) is 0 Å². The highest BCUT2D eigenvalue weighted by atomic mass is 35.5. The third-order valence-electron chi connectivity index (χ3n) is 4.01. The quantitative estimate of drug-likeness (QED) is 0.559. The summed E-state index contributed by atoms with van der Waals surface area (Å²) in [6.07, 6.45) is -1.56. The molecule has 0 saturated carbocycles. The van der Waals surface area contributed by atoms with Crippen LogP contribution in [0.1, 0.15) is 33.5 Å². The van der Waals surface area contributed by atoms with Crippen LogP contribution >= 0.6 is 22.9 Å². The Labute approximate surface area is 178 Å². The normalized spacial score (nSPS) is 12.4. The van der Waals surface area contributed by atoms with Crippen LogP contribution in [0.5, 0.6) is 0 Å². The number of nitrogens with one attached hydrogen (secondary N) is 2. The molecule has 0 spiro atoms. The summed E-state index contributed by atoms with van der Waals surface area (Å²) in [4.78, 5) is 28.8. The molecule has 30 heavy (non-hydrogen) atoms. The first kappa shape index (κ1) is 21.8. The fraction of sp³-hybridized carbons (Fsp3) is 0.211. The Morgan fingerprint density at radius 2 is 2.07 bits per heavy atom. The lowest BCUT2D eigenvalue weighted by atomic mass is 10.1. The van der Waals surface area contributed by atoms with Crippen molar-refractivity contribution >= 4 is 39.9 Å². The number of carbonyl (C=O) groups is 2. The number of rotatable bonds is 6. The Morgan fingerprint density at radius 3 is 2.73 bits per heavy atom. The lowest BCUT2D eigenvalue weighted by Crippen LogP contribution is -2.41. The number of carbonyl (C=O) groups excluding carboxylic acids is 2. The second kappa shape index (κ2) is 8.88. The molecular formula is C19H15ClF3N3O3S. The second-order valence-corrected chi connectivity index (χ2v) is 7.80. The number of aromatic nitrogens is 1. The van der Waals surface area contributed by atoms with E-state index in [0.29, 0.717) is 10.4 Å². The summed E-state index contributed by atoms with van der Waals surface area (Å²) in [6.45, 7) is 1.49. The van der Waals surface area contributed by atoms with Crippen LogP contribution in [-0.2, 0) is 17.4 Å². The van der Waals surface area contributed by atoms with Gasteiger partial charge in [0.05, 0.1) is 11.8 Å². The maximum Gasteiger partial charge on any atom is 0.416 e. The largest absolute Gasteiger partial charge is 0.459 e. The van der Waals surface area contributed by atoms with Gasteiger partial charge in [0.2, 0.25) is 5.91 Å². The van der Waals surface area contributed by atoms with Crippen LogP contribution < -0.4 is 10.6 Å². The van der Waals surface area contributed by atoms with Gasteiger partial charge in [0, 0.05) is 22.5 Å². The van der Waals surface area contributed by atoms with Crippen LogP contribution in [0, 0.1) is 0 Å². The molecule has 0 aliphatic rings. The van der Waals surface area contributed by atoms with Crippen LogP contribution in [0.2, 0.25) is 5.02 Å². The lowest BCUT2D eigenvalue weighted by molar-refractivity contribution is -0.137.